The van der Waals surface area contributed by atoms with Crippen LogP contribution in [0.1, 0.15) is 21.9 Å². The number of carboxylic acids is 1. The molecule has 0 aliphatic rings. The molecule has 0 radical (unpaired) electrons. The molecule has 0 amide bonds. The van der Waals surface area contributed by atoms with Gasteiger partial charge in [0, 0.05) is 5.75 Å². The van der Waals surface area contributed by atoms with E-state index in [0.29, 0.717) is 5.75 Å². The van der Waals surface area contributed by atoms with Crippen LogP contribution in [0.4, 0.5) is 0 Å². The Labute approximate surface area is 117 Å². The van der Waals surface area contributed by atoms with Gasteiger partial charge in [-0.3, -0.25) is 4.79 Å². The number of thioether (sulfide) groups is 1. The predicted octanol–water partition coefficient (Wildman–Crippen LogP) is 4.05. The second-order valence-corrected chi connectivity index (χ2v) is 5.46. The Bertz CT molecular complexity index is 552. The van der Waals surface area contributed by atoms with E-state index in [2.05, 4.69) is 0 Å². The fourth-order valence-electron chi connectivity index (χ4n) is 1.88. The first kappa shape index (κ1) is 13.7. The summed E-state index contributed by atoms with van der Waals surface area (Å²) < 4.78 is 0. The van der Waals surface area contributed by atoms with Crippen molar-refractivity contribution in [1.82, 2.24) is 0 Å². The summed E-state index contributed by atoms with van der Waals surface area (Å²) in [4.78, 5) is 11.4. The molecule has 0 fully saturated rings. The van der Waals surface area contributed by atoms with Crippen LogP contribution < -0.4 is 0 Å². The van der Waals surface area contributed by atoms with Crippen LogP contribution in [0.3, 0.4) is 0 Å². The topological polar surface area (TPSA) is 37.3 Å². The summed E-state index contributed by atoms with van der Waals surface area (Å²) in [5.74, 6) is -0.0804. The van der Waals surface area contributed by atoms with Crippen molar-refractivity contribution in [2.75, 3.05) is 0 Å². The minimum absolute atomic E-state index is 0.513. The average Bonchev–Trinajstić information content (AvgIpc) is 2.42. The molecule has 1 unspecified atom stereocenters. The Morgan fingerprint density at radius 3 is 2.37 bits per heavy atom. The fourth-order valence-corrected chi connectivity index (χ4v) is 3.05. The summed E-state index contributed by atoms with van der Waals surface area (Å²) in [6.07, 6.45) is 0. The molecule has 0 saturated carbocycles. The maximum atomic E-state index is 11.4. The zero-order valence-corrected chi connectivity index (χ0v) is 11.6. The summed E-state index contributed by atoms with van der Waals surface area (Å²) in [5, 5.41) is 8.84. The molecule has 98 valence electrons. The molecule has 2 rings (SSSR count). The highest BCUT2D eigenvalue weighted by Gasteiger charge is 2.20. The fraction of sp³-hybridized carbons (Fsp3) is 0.188. The van der Waals surface area contributed by atoms with Crippen LogP contribution in [0.2, 0.25) is 0 Å². The number of hydrogen-bond donors (Lipinski definition) is 1. The van der Waals surface area contributed by atoms with E-state index in [0.717, 1.165) is 5.56 Å². The first-order valence-electron chi connectivity index (χ1n) is 6.12. The van der Waals surface area contributed by atoms with Crippen molar-refractivity contribution in [3.63, 3.8) is 0 Å². The van der Waals surface area contributed by atoms with Crippen LogP contribution in [0, 0.1) is 6.92 Å². The van der Waals surface area contributed by atoms with E-state index in [4.69, 9.17) is 0 Å². The molecule has 2 aromatic carbocycles. The number of carboxylic acid groups (broad SMARTS) is 1. The van der Waals surface area contributed by atoms with E-state index in [1.54, 1.807) is 0 Å². The van der Waals surface area contributed by atoms with Gasteiger partial charge in [0.05, 0.1) is 0 Å². The van der Waals surface area contributed by atoms with Gasteiger partial charge in [-0.05, 0) is 23.6 Å². The lowest BCUT2D eigenvalue weighted by atomic mass is 10.1. The molecule has 0 aliphatic heterocycles. The second kappa shape index (κ2) is 6.43. The first-order valence-corrected chi connectivity index (χ1v) is 7.17. The zero-order chi connectivity index (χ0) is 13.7. The molecule has 1 N–H and O–H groups in total. The van der Waals surface area contributed by atoms with Gasteiger partial charge in [-0.25, -0.2) is 0 Å². The maximum Gasteiger partial charge on any atom is 0.321 e. The minimum atomic E-state index is -0.787. The Morgan fingerprint density at radius 1 is 1.11 bits per heavy atom. The molecule has 0 bridgehead atoms. The monoisotopic (exact) mass is 272 g/mol. The highest BCUT2D eigenvalue weighted by atomic mass is 32.2. The molecular formula is C16H16O2S. The molecule has 0 aromatic heterocycles. The molecule has 0 saturated heterocycles. The number of aryl methyl sites for hydroxylation is 1. The quantitative estimate of drug-likeness (QED) is 0.892. The van der Waals surface area contributed by atoms with Crippen LogP contribution in [-0.2, 0) is 10.5 Å². The van der Waals surface area contributed by atoms with Crippen molar-refractivity contribution in [3.8, 4) is 0 Å². The molecular weight excluding hydrogens is 256 g/mol. The van der Waals surface area contributed by atoms with Crippen molar-refractivity contribution in [3.05, 3.63) is 71.3 Å². The van der Waals surface area contributed by atoms with E-state index in [1.165, 1.54) is 22.9 Å². The Hall–Kier alpha value is -1.74. The SMILES string of the molecule is Cc1ccccc1CSC(C(=O)O)c1ccccc1. The molecule has 0 aliphatic carbocycles. The third-order valence-electron chi connectivity index (χ3n) is 2.99. The van der Waals surface area contributed by atoms with Crippen LogP contribution in [-0.4, -0.2) is 11.1 Å². The van der Waals surface area contributed by atoms with Gasteiger partial charge in [0.25, 0.3) is 0 Å². The number of hydrogen-bond acceptors (Lipinski definition) is 2. The third kappa shape index (κ3) is 3.61. The Kier molecular flexibility index (Phi) is 4.63. The lowest BCUT2D eigenvalue weighted by molar-refractivity contribution is -0.136. The normalized spacial score (nSPS) is 12.1. The smallest absolute Gasteiger partial charge is 0.321 e. The summed E-state index contributed by atoms with van der Waals surface area (Å²) >= 11 is 1.45. The minimum Gasteiger partial charge on any atom is -0.480 e. The van der Waals surface area contributed by atoms with E-state index in [9.17, 15) is 9.90 Å². The van der Waals surface area contributed by atoms with Crippen molar-refractivity contribution in [2.45, 2.75) is 17.9 Å². The Balaban J connectivity index is 2.11. The summed E-state index contributed by atoms with van der Waals surface area (Å²) in [5.41, 5.74) is 3.23. The van der Waals surface area contributed by atoms with Crippen molar-refractivity contribution in [2.24, 2.45) is 0 Å². The number of rotatable bonds is 5. The summed E-state index contributed by atoms with van der Waals surface area (Å²) in [6.45, 7) is 2.05. The summed E-state index contributed by atoms with van der Waals surface area (Å²) in [6, 6.07) is 17.5. The van der Waals surface area contributed by atoms with Gasteiger partial charge >= 0.3 is 5.97 Å². The predicted molar refractivity (Wildman–Crippen MR) is 79.3 cm³/mol. The maximum absolute atomic E-state index is 11.4. The molecule has 2 aromatic rings. The second-order valence-electron chi connectivity index (χ2n) is 4.37. The van der Waals surface area contributed by atoms with Crippen molar-refractivity contribution in [1.29, 1.82) is 0 Å². The number of aliphatic carboxylic acids is 1. The van der Waals surface area contributed by atoms with Gasteiger partial charge < -0.3 is 5.11 Å². The van der Waals surface area contributed by atoms with Crippen molar-refractivity contribution >= 4 is 17.7 Å². The average molecular weight is 272 g/mol. The molecule has 0 spiro atoms. The van der Waals surface area contributed by atoms with E-state index in [-0.39, 0.29) is 0 Å². The van der Waals surface area contributed by atoms with Crippen molar-refractivity contribution < 1.29 is 9.90 Å². The summed E-state index contributed by atoms with van der Waals surface area (Å²) in [7, 11) is 0. The standard InChI is InChI=1S/C16H16O2S/c1-12-7-5-6-10-14(12)11-19-15(16(17)18)13-8-3-2-4-9-13/h2-10,15H,11H2,1H3,(H,17,18). The third-order valence-corrected chi connectivity index (χ3v) is 4.28. The van der Waals surface area contributed by atoms with E-state index in [1.807, 2.05) is 61.5 Å². The number of carbonyl (C=O) groups is 1. The largest absolute Gasteiger partial charge is 0.480 e. The lowest BCUT2D eigenvalue weighted by Crippen LogP contribution is -2.08. The van der Waals surface area contributed by atoms with Crippen LogP contribution in [0.5, 0.6) is 0 Å². The molecule has 19 heavy (non-hydrogen) atoms. The lowest BCUT2D eigenvalue weighted by Gasteiger charge is -2.13. The van der Waals surface area contributed by atoms with Crippen LogP contribution in [0.25, 0.3) is 0 Å². The van der Waals surface area contributed by atoms with E-state index < -0.39 is 11.2 Å². The number of benzene rings is 2. The first-order chi connectivity index (χ1) is 9.18. The van der Waals surface area contributed by atoms with Gasteiger partial charge in [0.2, 0.25) is 0 Å². The van der Waals surface area contributed by atoms with E-state index >= 15 is 0 Å². The van der Waals surface area contributed by atoms with Gasteiger partial charge in [-0.15, -0.1) is 11.8 Å². The van der Waals surface area contributed by atoms with Gasteiger partial charge in [0.1, 0.15) is 5.25 Å². The highest BCUT2D eigenvalue weighted by molar-refractivity contribution is 7.99. The van der Waals surface area contributed by atoms with Gasteiger partial charge in [0.15, 0.2) is 0 Å². The molecule has 0 heterocycles. The van der Waals surface area contributed by atoms with Crippen LogP contribution >= 0.6 is 11.8 Å². The Morgan fingerprint density at radius 2 is 1.74 bits per heavy atom. The van der Waals surface area contributed by atoms with Gasteiger partial charge in [-0.2, -0.15) is 0 Å². The molecule has 2 nitrogen and oxygen atoms in total. The zero-order valence-electron chi connectivity index (χ0n) is 10.7. The molecule has 3 heteroatoms. The van der Waals surface area contributed by atoms with Crippen LogP contribution in [0.15, 0.2) is 54.6 Å². The molecule has 1 atom stereocenters. The highest BCUT2D eigenvalue weighted by Crippen LogP contribution is 2.32. The van der Waals surface area contributed by atoms with Gasteiger partial charge in [-0.1, -0.05) is 54.6 Å².